The number of aryl methyl sites for hydroxylation is 3. The van der Waals surface area contributed by atoms with Crippen LogP contribution in [0.3, 0.4) is 0 Å². The summed E-state index contributed by atoms with van der Waals surface area (Å²) in [7, 11) is 0. The van der Waals surface area contributed by atoms with E-state index >= 15 is 0 Å². The molecular formula is C28H37N3O3. The Labute approximate surface area is 202 Å². The fourth-order valence-electron chi connectivity index (χ4n) is 4.71. The molecule has 0 amide bonds. The van der Waals surface area contributed by atoms with Gasteiger partial charge in [0.1, 0.15) is 12.4 Å². The summed E-state index contributed by atoms with van der Waals surface area (Å²) in [5.74, 6) is 2.52. The van der Waals surface area contributed by atoms with Crippen LogP contribution in [0.4, 0.5) is 0 Å². The summed E-state index contributed by atoms with van der Waals surface area (Å²) >= 11 is 0. The standard InChI is InChI=1S/C28H37N3O3/c1-4-6-15-33-24-10-7-8-11-25(24)34-16-13-29-20(3)17-21-18-22-12-14-31-26(9-5-2)30-28(32)23(19-21)27(22)31/h7-8,10-11,18-20,29H,4-6,9,12-17H2,1-3H3. The molecule has 2 heterocycles. The summed E-state index contributed by atoms with van der Waals surface area (Å²) in [6.07, 6.45) is 5.82. The molecule has 0 bridgehead atoms. The van der Waals surface area contributed by atoms with Crippen LogP contribution in [0.1, 0.15) is 57.0 Å². The van der Waals surface area contributed by atoms with Crippen molar-refractivity contribution in [1.82, 2.24) is 14.9 Å². The van der Waals surface area contributed by atoms with E-state index in [9.17, 15) is 4.79 Å². The topological polar surface area (TPSA) is 65.4 Å². The fraction of sp³-hybridized carbons (Fsp3) is 0.500. The second-order valence-electron chi connectivity index (χ2n) is 9.19. The van der Waals surface area contributed by atoms with Crippen LogP contribution in [-0.2, 0) is 25.8 Å². The van der Waals surface area contributed by atoms with Crippen LogP contribution in [0.25, 0.3) is 10.9 Å². The number of nitrogens with zero attached hydrogens (tertiary/aromatic N) is 2. The largest absolute Gasteiger partial charge is 0.490 e. The summed E-state index contributed by atoms with van der Waals surface area (Å²) in [4.78, 5) is 17.1. The number of rotatable bonds is 13. The van der Waals surface area contributed by atoms with Gasteiger partial charge in [-0.05, 0) is 61.9 Å². The smallest absolute Gasteiger partial charge is 0.280 e. The van der Waals surface area contributed by atoms with Gasteiger partial charge in [0, 0.05) is 25.6 Å². The first-order chi connectivity index (χ1) is 16.6. The number of hydrogen-bond donors (Lipinski definition) is 1. The predicted molar refractivity (Wildman–Crippen MR) is 137 cm³/mol. The molecule has 1 aromatic heterocycles. The monoisotopic (exact) mass is 463 g/mol. The van der Waals surface area contributed by atoms with Crippen molar-refractivity contribution < 1.29 is 9.47 Å². The molecule has 6 nitrogen and oxygen atoms in total. The highest BCUT2D eigenvalue weighted by molar-refractivity contribution is 5.84. The Hall–Kier alpha value is -2.86. The Balaban J connectivity index is 1.34. The van der Waals surface area contributed by atoms with E-state index < -0.39 is 0 Å². The third-order valence-corrected chi connectivity index (χ3v) is 6.37. The molecular weight excluding hydrogens is 426 g/mol. The fourth-order valence-corrected chi connectivity index (χ4v) is 4.71. The summed E-state index contributed by atoms with van der Waals surface area (Å²) in [5.41, 5.74) is 3.47. The van der Waals surface area contributed by atoms with Gasteiger partial charge in [0.15, 0.2) is 11.5 Å². The van der Waals surface area contributed by atoms with Crippen LogP contribution in [0, 0.1) is 0 Å². The van der Waals surface area contributed by atoms with Gasteiger partial charge in [0.25, 0.3) is 5.56 Å². The van der Waals surface area contributed by atoms with Crippen LogP contribution < -0.4 is 20.3 Å². The lowest BCUT2D eigenvalue weighted by Crippen LogP contribution is -2.32. The van der Waals surface area contributed by atoms with E-state index in [1.54, 1.807) is 0 Å². The molecule has 0 saturated heterocycles. The van der Waals surface area contributed by atoms with Crippen molar-refractivity contribution in [2.24, 2.45) is 0 Å². The van der Waals surface area contributed by atoms with E-state index in [1.165, 1.54) is 11.1 Å². The van der Waals surface area contributed by atoms with Gasteiger partial charge in [0.2, 0.25) is 0 Å². The van der Waals surface area contributed by atoms with Crippen LogP contribution >= 0.6 is 0 Å². The molecule has 34 heavy (non-hydrogen) atoms. The number of para-hydroxylation sites is 2. The van der Waals surface area contributed by atoms with Gasteiger partial charge in [-0.2, -0.15) is 4.98 Å². The van der Waals surface area contributed by atoms with Crippen molar-refractivity contribution in [3.8, 4) is 11.5 Å². The average Bonchev–Trinajstić information content (AvgIpc) is 3.25. The van der Waals surface area contributed by atoms with E-state index in [-0.39, 0.29) is 11.6 Å². The third kappa shape index (κ3) is 5.61. The molecule has 0 spiro atoms. The zero-order valence-electron chi connectivity index (χ0n) is 20.7. The normalized spacial score (nSPS) is 13.4. The summed E-state index contributed by atoms with van der Waals surface area (Å²) in [5, 5.41) is 4.31. The highest BCUT2D eigenvalue weighted by Gasteiger charge is 2.20. The SMILES string of the molecule is CCCCOc1ccccc1OCCNC(C)Cc1cc2c3c(c1)c(=O)nc(CCC)n3CC2. The molecule has 0 fully saturated rings. The maximum atomic E-state index is 12.7. The summed E-state index contributed by atoms with van der Waals surface area (Å²) < 4.78 is 14.1. The first-order valence-electron chi connectivity index (χ1n) is 12.7. The molecule has 182 valence electrons. The van der Waals surface area contributed by atoms with E-state index in [0.29, 0.717) is 13.2 Å². The van der Waals surface area contributed by atoms with Gasteiger partial charge in [-0.3, -0.25) is 4.79 Å². The highest BCUT2D eigenvalue weighted by Crippen LogP contribution is 2.28. The van der Waals surface area contributed by atoms with Crippen molar-refractivity contribution in [3.63, 3.8) is 0 Å². The van der Waals surface area contributed by atoms with Crippen molar-refractivity contribution in [2.75, 3.05) is 19.8 Å². The molecule has 0 aliphatic carbocycles. The van der Waals surface area contributed by atoms with E-state index in [4.69, 9.17) is 9.47 Å². The number of nitrogens with one attached hydrogen (secondary N) is 1. The number of benzene rings is 2. The average molecular weight is 464 g/mol. The van der Waals surface area contributed by atoms with Crippen molar-refractivity contribution in [1.29, 1.82) is 0 Å². The van der Waals surface area contributed by atoms with Crippen molar-refractivity contribution in [3.05, 3.63) is 63.7 Å². The first kappa shape index (κ1) is 24.3. The van der Waals surface area contributed by atoms with Gasteiger partial charge in [-0.15, -0.1) is 0 Å². The molecule has 3 aromatic rings. The molecule has 0 radical (unpaired) electrons. The Kier molecular flexibility index (Phi) is 8.22. The van der Waals surface area contributed by atoms with Gasteiger partial charge >= 0.3 is 0 Å². The van der Waals surface area contributed by atoms with Crippen LogP contribution in [0.2, 0.25) is 0 Å². The van der Waals surface area contributed by atoms with E-state index in [2.05, 4.69) is 41.7 Å². The zero-order chi connectivity index (χ0) is 23.9. The second kappa shape index (κ2) is 11.5. The molecule has 2 aromatic carbocycles. The Morgan fingerprint density at radius 2 is 1.85 bits per heavy atom. The van der Waals surface area contributed by atoms with E-state index in [1.807, 2.05) is 30.3 Å². The number of aromatic nitrogens is 2. The number of ether oxygens (including phenoxy) is 2. The van der Waals surface area contributed by atoms with Crippen LogP contribution in [0.15, 0.2) is 41.2 Å². The van der Waals surface area contributed by atoms with Gasteiger partial charge in [-0.1, -0.05) is 38.5 Å². The highest BCUT2D eigenvalue weighted by atomic mass is 16.5. The maximum Gasteiger partial charge on any atom is 0.280 e. The quantitative estimate of drug-likeness (QED) is 0.373. The van der Waals surface area contributed by atoms with Gasteiger partial charge in [-0.25, -0.2) is 0 Å². The minimum atomic E-state index is -0.0893. The zero-order valence-corrected chi connectivity index (χ0v) is 20.7. The molecule has 0 saturated carbocycles. The molecule has 1 aliphatic heterocycles. The lowest BCUT2D eigenvalue weighted by molar-refractivity contribution is 0.262. The lowest BCUT2D eigenvalue weighted by atomic mass is 10.0. The van der Waals surface area contributed by atoms with E-state index in [0.717, 1.165) is 79.8 Å². The van der Waals surface area contributed by atoms with Gasteiger partial charge in [0.05, 0.1) is 17.5 Å². The molecule has 1 N–H and O–H groups in total. The predicted octanol–water partition coefficient (Wildman–Crippen LogP) is 4.68. The minimum Gasteiger partial charge on any atom is -0.490 e. The molecule has 1 unspecified atom stereocenters. The number of unbranched alkanes of at least 4 members (excludes halogenated alkanes) is 1. The molecule has 6 heteroatoms. The first-order valence-corrected chi connectivity index (χ1v) is 12.7. The van der Waals surface area contributed by atoms with Gasteiger partial charge < -0.3 is 19.4 Å². The summed E-state index contributed by atoms with van der Waals surface area (Å²) in [6, 6.07) is 12.4. The van der Waals surface area contributed by atoms with Crippen molar-refractivity contribution in [2.45, 2.75) is 71.9 Å². The molecule has 1 atom stereocenters. The Bertz CT molecular complexity index is 1170. The third-order valence-electron chi connectivity index (χ3n) is 6.37. The van der Waals surface area contributed by atoms with Crippen molar-refractivity contribution >= 4 is 10.9 Å². The maximum absolute atomic E-state index is 12.7. The molecule has 1 aliphatic rings. The molecule has 4 rings (SSSR count). The lowest BCUT2D eigenvalue weighted by Gasteiger charge is -2.17. The van der Waals surface area contributed by atoms with Crippen LogP contribution in [0.5, 0.6) is 11.5 Å². The second-order valence-corrected chi connectivity index (χ2v) is 9.19. The summed E-state index contributed by atoms with van der Waals surface area (Å²) in [6.45, 7) is 9.39. The Morgan fingerprint density at radius 1 is 1.09 bits per heavy atom. The minimum absolute atomic E-state index is 0.0893. The number of hydrogen-bond acceptors (Lipinski definition) is 5. The Morgan fingerprint density at radius 3 is 2.59 bits per heavy atom. The van der Waals surface area contributed by atoms with Crippen LogP contribution in [-0.4, -0.2) is 35.4 Å².